The molecule has 0 fully saturated rings. The fourth-order valence-electron chi connectivity index (χ4n) is 3.13. The highest BCUT2D eigenvalue weighted by molar-refractivity contribution is 6.29. The van der Waals surface area contributed by atoms with Gasteiger partial charge in [-0.15, -0.1) is 0 Å². The van der Waals surface area contributed by atoms with E-state index in [-0.39, 0.29) is 18.0 Å². The maximum atomic E-state index is 12.4. The van der Waals surface area contributed by atoms with Crippen molar-refractivity contribution in [3.05, 3.63) is 77.6 Å². The van der Waals surface area contributed by atoms with E-state index in [4.69, 9.17) is 16.8 Å². The van der Waals surface area contributed by atoms with E-state index < -0.39 is 24.0 Å². The molecule has 2 atom stereocenters. The molecule has 0 bridgehead atoms. The standard InChI is InChI=1S/C24H24ClN5O5/c1-14(31)22(24(34)30-35)29-23(33)17-4-2-15(3-5-17)16-6-8-18(9-7-16)28-21(32)13-26-19-10-11-20(25)27-12-19/h2-12,14,22,26,31,35H,13H2,1H3,(H,28,32)(H,29,33)(H,30,34)/t14-,22+/m1/s1. The van der Waals surface area contributed by atoms with Gasteiger partial charge in [-0.3, -0.25) is 19.6 Å². The van der Waals surface area contributed by atoms with Gasteiger partial charge in [-0.05, 0) is 54.4 Å². The Bertz CT molecular complexity index is 1170. The molecule has 3 rings (SSSR count). The Morgan fingerprint density at radius 1 is 0.943 bits per heavy atom. The van der Waals surface area contributed by atoms with Crippen molar-refractivity contribution >= 4 is 40.7 Å². The fourth-order valence-corrected chi connectivity index (χ4v) is 3.24. The zero-order valence-corrected chi connectivity index (χ0v) is 19.4. The minimum absolute atomic E-state index is 0.0600. The molecule has 3 amide bonds. The van der Waals surface area contributed by atoms with E-state index >= 15 is 0 Å². The van der Waals surface area contributed by atoms with Crippen LogP contribution in [0.1, 0.15) is 17.3 Å². The summed E-state index contributed by atoms with van der Waals surface area (Å²) < 4.78 is 0. The lowest BCUT2D eigenvalue weighted by atomic mass is 10.0. The zero-order chi connectivity index (χ0) is 25.4. The van der Waals surface area contributed by atoms with Crippen molar-refractivity contribution in [2.24, 2.45) is 0 Å². The van der Waals surface area contributed by atoms with Crippen molar-refractivity contribution in [1.29, 1.82) is 0 Å². The van der Waals surface area contributed by atoms with Gasteiger partial charge in [0, 0.05) is 11.3 Å². The van der Waals surface area contributed by atoms with E-state index in [1.165, 1.54) is 18.6 Å². The van der Waals surface area contributed by atoms with Crippen molar-refractivity contribution in [1.82, 2.24) is 15.8 Å². The first-order chi connectivity index (χ1) is 16.8. The normalized spacial score (nSPS) is 12.2. The summed E-state index contributed by atoms with van der Waals surface area (Å²) in [6.07, 6.45) is 0.339. The minimum atomic E-state index is -1.30. The van der Waals surface area contributed by atoms with Gasteiger partial charge in [0.15, 0.2) is 0 Å². The number of carbonyl (C=O) groups excluding carboxylic acids is 3. The van der Waals surface area contributed by atoms with Gasteiger partial charge in [0.05, 0.1) is 24.5 Å². The highest BCUT2D eigenvalue weighted by Gasteiger charge is 2.25. The fraction of sp³-hybridized carbons (Fsp3) is 0.167. The molecular weight excluding hydrogens is 474 g/mol. The van der Waals surface area contributed by atoms with Crippen molar-refractivity contribution < 1.29 is 24.7 Å². The molecule has 0 aliphatic carbocycles. The number of hydrogen-bond acceptors (Lipinski definition) is 7. The third-order valence-electron chi connectivity index (χ3n) is 4.99. The molecular formula is C24H24ClN5O5. The van der Waals surface area contributed by atoms with Crippen LogP contribution in [0.4, 0.5) is 11.4 Å². The van der Waals surface area contributed by atoms with Gasteiger partial charge < -0.3 is 21.1 Å². The van der Waals surface area contributed by atoms with Gasteiger partial charge in [-0.2, -0.15) is 0 Å². The molecule has 0 saturated heterocycles. The first-order valence-corrected chi connectivity index (χ1v) is 10.9. The SMILES string of the molecule is C[C@@H](O)[C@H](NC(=O)c1ccc(-c2ccc(NC(=O)CNc3ccc(Cl)nc3)cc2)cc1)C(=O)NO. The molecule has 0 aliphatic heterocycles. The van der Waals surface area contributed by atoms with Crippen molar-refractivity contribution in [2.75, 3.05) is 17.2 Å². The number of aromatic nitrogens is 1. The maximum absolute atomic E-state index is 12.4. The summed E-state index contributed by atoms with van der Waals surface area (Å²) in [4.78, 5) is 40.1. The lowest BCUT2D eigenvalue weighted by Gasteiger charge is -2.19. The average molecular weight is 498 g/mol. The van der Waals surface area contributed by atoms with Gasteiger partial charge in [0.1, 0.15) is 11.2 Å². The van der Waals surface area contributed by atoms with Crippen LogP contribution < -0.4 is 21.4 Å². The Labute approximate surface area is 206 Å². The predicted octanol–water partition coefficient (Wildman–Crippen LogP) is 2.44. The molecule has 10 nitrogen and oxygen atoms in total. The Hall–Kier alpha value is -3.99. The second-order valence-corrected chi connectivity index (χ2v) is 7.98. The second kappa shape index (κ2) is 11.9. The first kappa shape index (κ1) is 25.6. The maximum Gasteiger partial charge on any atom is 0.268 e. The monoisotopic (exact) mass is 497 g/mol. The molecule has 0 spiro atoms. The van der Waals surface area contributed by atoms with Crippen LogP contribution >= 0.6 is 11.6 Å². The number of carbonyl (C=O) groups is 3. The zero-order valence-electron chi connectivity index (χ0n) is 18.7. The van der Waals surface area contributed by atoms with Gasteiger partial charge in [0.2, 0.25) is 5.91 Å². The third kappa shape index (κ3) is 7.24. The molecule has 182 valence electrons. The van der Waals surface area contributed by atoms with E-state index in [1.54, 1.807) is 48.5 Å². The number of nitrogens with zero attached hydrogens (tertiary/aromatic N) is 1. The predicted molar refractivity (Wildman–Crippen MR) is 131 cm³/mol. The summed E-state index contributed by atoms with van der Waals surface area (Å²) in [6.45, 7) is 1.38. The van der Waals surface area contributed by atoms with E-state index in [2.05, 4.69) is 20.9 Å². The Morgan fingerprint density at radius 3 is 2.09 bits per heavy atom. The lowest BCUT2D eigenvalue weighted by Crippen LogP contribution is -2.51. The molecule has 1 aromatic heterocycles. The topological polar surface area (TPSA) is 153 Å². The molecule has 0 aliphatic rings. The molecule has 0 unspecified atom stereocenters. The Balaban J connectivity index is 1.57. The molecule has 11 heteroatoms. The Kier molecular flexibility index (Phi) is 8.74. The van der Waals surface area contributed by atoms with Crippen LogP contribution in [0.15, 0.2) is 66.9 Å². The summed E-state index contributed by atoms with van der Waals surface area (Å²) >= 11 is 5.74. The van der Waals surface area contributed by atoms with Crippen LogP contribution in [-0.2, 0) is 9.59 Å². The number of nitrogens with one attached hydrogen (secondary N) is 4. The van der Waals surface area contributed by atoms with E-state index in [1.807, 2.05) is 12.1 Å². The highest BCUT2D eigenvalue weighted by Crippen LogP contribution is 2.22. The van der Waals surface area contributed by atoms with Crippen molar-refractivity contribution in [3.63, 3.8) is 0 Å². The number of anilines is 2. The van der Waals surface area contributed by atoms with Crippen LogP contribution in [0, 0.1) is 0 Å². The number of pyridine rings is 1. The van der Waals surface area contributed by atoms with Crippen LogP contribution in [-0.4, -0.2) is 51.7 Å². The van der Waals surface area contributed by atoms with Crippen molar-refractivity contribution in [2.45, 2.75) is 19.1 Å². The first-order valence-electron chi connectivity index (χ1n) is 10.6. The minimum Gasteiger partial charge on any atom is -0.391 e. The van der Waals surface area contributed by atoms with E-state index in [0.717, 1.165) is 11.1 Å². The van der Waals surface area contributed by atoms with Gasteiger partial charge in [0.25, 0.3) is 11.8 Å². The number of hydroxylamine groups is 1. The van der Waals surface area contributed by atoms with Gasteiger partial charge >= 0.3 is 0 Å². The second-order valence-electron chi connectivity index (χ2n) is 7.59. The number of benzene rings is 2. The summed E-state index contributed by atoms with van der Waals surface area (Å²) in [7, 11) is 0. The summed E-state index contributed by atoms with van der Waals surface area (Å²) in [6, 6.07) is 15.9. The Morgan fingerprint density at radius 2 is 1.54 bits per heavy atom. The van der Waals surface area contributed by atoms with Crippen LogP contribution in [0.2, 0.25) is 5.15 Å². The number of aliphatic hydroxyl groups is 1. The average Bonchev–Trinajstić information content (AvgIpc) is 2.86. The lowest BCUT2D eigenvalue weighted by molar-refractivity contribution is -0.133. The van der Waals surface area contributed by atoms with Gasteiger partial charge in [-0.1, -0.05) is 35.9 Å². The summed E-state index contributed by atoms with van der Waals surface area (Å²) in [5.41, 5.74) is 4.68. The van der Waals surface area contributed by atoms with E-state index in [9.17, 15) is 19.5 Å². The smallest absolute Gasteiger partial charge is 0.268 e. The van der Waals surface area contributed by atoms with Gasteiger partial charge in [-0.25, -0.2) is 10.5 Å². The molecule has 1 heterocycles. The summed E-state index contributed by atoms with van der Waals surface area (Å²) in [5.74, 6) is -1.73. The molecule has 2 aromatic carbocycles. The third-order valence-corrected chi connectivity index (χ3v) is 5.21. The summed E-state index contributed by atoms with van der Waals surface area (Å²) in [5, 5.41) is 26.9. The number of hydrogen-bond donors (Lipinski definition) is 6. The number of halogens is 1. The number of aliphatic hydroxyl groups excluding tert-OH is 1. The largest absolute Gasteiger partial charge is 0.391 e. The highest BCUT2D eigenvalue weighted by atomic mass is 35.5. The van der Waals surface area contributed by atoms with Crippen LogP contribution in [0.5, 0.6) is 0 Å². The molecule has 6 N–H and O–H groups in total. The van der Waals surface area contributed by atoms with Crippen LogP contribution in [0.25, 0.3) is 11.1 Å². The molecule has 0 radical (unpaired) electrons. The van der Waals surface area contributed by atoms with Crippen LogP contribution in [0.3, 0.4) is 0 Å². The molecule has 0 saturated carbocycles. The number of rotatable bonds is 9. The van der Waals surface area contributed by atoms with E-state index in [0.29, 0.717) is 16.5 Å². The molecule has 3 aromatic rings. The number of amides is 3. The van der Waals surface area contributed by atoms with Crippen molar-refractivity contribution in [3.8, 4) is 11.1 Å². The quantitative estimate of drug-likeness (QED) is 0.151. The molecule has 35 heavy (non-hydrogen) atoms.